The molecule has 0 radical (unpaired) electrons. The van der Waals surface area contributed by atoms with Crippen molar-refractivity contribution in [2.75, 3.05) is 5.32 Å². The topological polar surface area (TPSA) is 55.4 Å². The molecule has 0 spiro atoms. The summed E-state index contributed by atoms with van der Waals surface area (Å²) >= 11 is 3.36. The summed E-state index contributed by atoms with van der Waals surface area (Å²) in [7, 11) is 0. The standard InChI is InChI=1S/C15H14BrNO3/c16-8-1-3-9(4-2-8)17-14(18)12-7-5-10-11(6-7)20-15(19)13(10)12/h1-4,7,10-13H,5-6H2,(H,17,18)/t7-,10+,11-,12+,13+/m1/s1. The molecule has 20 heavy (non-hydrogen) atoms. The van der Waals surface area contributed by atoms with Crippen molar-refractivity contribution < 1.29 is 14.3 Å². The zero-order valence-electron chi connectivity index (χ0n) is 10.7. The van der Waals surface area contributed by atoms with Gasteiger partial charge < -0.3 is 10.1 Å². The molecule has 5 heteroatoms. The highest BCUT2D eigenvalue weighted by atomic mass is 79.9. The van der Waals surface area contributed by atoms with Gasteiger partial charge in [0.05, 0.1) is 11.8 Å². The number of halogens is 1. The number of anilines is 1. The highest BCUT2D eigenvalue weighted by Gasteiger charge is 2.63. The van der Waals surface area contributed by atoms with Crippen molar-refractivity contribution in [3.8, 4) is 0 Å². The number of carbonyl (C=O) groups excluding carboxylic acids is 2. The fourth-order valence-electron chi connectivity index (χ4n) is 4.12. The molecule has 1 aromatic carbocycles. The lowest BCUT2D eigenvalue weighted by Gasteiger charge is -2.23. The summed E-state index contributed by atoms with van der Waals surface area (Å²) in [5.74, 6) is -0.0627. The van der Waals surface area contributed by atoms with E-state index in [1.807, 2.05) is 24.3 Å². The van der Waals surface area contributed by atoms with Gasteiger partial charge in [0.1, 0.15) is 6.10 Å². The maximum atomic E-state index is 12.5. The predicted octanol–water partition coefficient (Wildman–Crippen LogP) is 2.59. The Morgan fingerprint density at radius 3 is 2.75 bits per heavy atom. The van der Waals surface area contributed by atoms with Crippen molar-refractivity contribution in [1.29, 1.82) is 0 Å². The summed E-state index contributed by atoms with van der Waals surface area (Å²) in [5, 5.41) is 2.93. The minimum absolute atomic E-state index is 0.0397. The van der Waals surface area contributed by atoms with Gasteiger partial charge in [0, 0.05) is 16.1 Å². The van der Waals surface area contributed by atoms with E-state index in [1.54, 1.807) is 0 Å². The van der Waals surface area contributed by atoms with Crippen LogP contribution in [-0.4, -0.2) is 18.0 Å². The fraction of sp³-hybridized carbons (Fsp3) is 0.467. The molecule has 3 aliphatic rings. The Labute approximate surface area is 125 Å². The Bertz CT molecular complexity index is 583. The van der Waals surface area contributed by atoms with Crippen LogP contribution in [0.4, 0.5) is 5.69 Å². The number of amides is 1. The Balaban J connectivity index is 1.54. The van der Waals surface area contributed by atoms with Crippen molar-refractivity contribution in [2.24, 2.45) is 23.7 Å². The number of nitrogens with one attached hydrogen (secondary N) is 1. The van der Waals surface area contributed by atoms with Crippen molar-refractivity contribution in [1.82, 2.24) is 0 Å². The zero-order chi connectivity index (χ0) is 13.9. The molecule has 2 aliphatic carbocycles. The molecule has 5 atom stereocenters. The highest BCUT2D eigenvalue weighted by molar-refractivity contribution is 9.10. The fourth-order valence-corrected chi connectivity index (χ4v) is 4.39. The number of carbonyl (C=O) groups is 2. The molecule has 1 saturated heterocycles. The Kier molecular flexibility index (Phi) is 2.67. The molecule has 0 aromatic heterocycles. The smallest absolute Gasteiger partial charge is 0.310 e. The lowest BCUT2D eigenvalue weighted by molar-refractivity contribution is -0.145. The molecule has 2 bridgehead atoms. The minimum Gasteiger partial charge on any atom is -0.462 e. The molecule has 1 amide bonds. The van der Waals surface area contributed by atoms with Gasteiger partial charge in [-0.25, -0.2) is 0 Å². The van der Waals surface area contributed by atoms with Crippen molar-refractivity contribution in [3.63, 3.8) is 0 Å². The Morgan fingerprint density at radius 1 is 1.25 bits per heavy atom. The summed E-state index contributed by atoms with van der Waals surface area (Å²) in [4.78, 5) is 24.4. The molecular weight excluding hydrogens is 322 g/mol. The maximum absolute atomic E-state index is 12.5. The number of ether oxygens (including phenoxy) is 1. The van der Waals surface area contributed by atoms with Crippen LogP contribution in [0.15, 0.2) is 28.7 Å². The van der Waals surface area contributed by atoms with Crippen molar-refractivity contribution in [3.05, 3.63) is 28.7 Å². The summed E-state index contributed by atoms with van der Waals surface area (Å²) < 4.78 is 6.33. The maximum Gasteiger partial charge on any atom is 0.310 e. The van der Waals surface area contributed by atoms with E-state index in [0.717, 1.165) is 23.0 Å². The first-order valence-corrected chi connectivity index (χ1v) is 7.70. The number of esters is 1. The van der Waals surface area contributed by atoms with Crippen molar-refractivity contribution >= 4 is 33.5 Å². The average molecular weight is 336 g/mol. The molecule has 1 N–H and O–H groups in total. The third kappa shape index (κ3) is 1.72. The van der Waals surface area contributed by atoms with Crippen LogP contribution in [0.2, 0.25) is 0 Å². The largest absolute Gasteiger partial charge is 0.462 e. The molecule has 4 rings (SSSR count). The Hall–Kier alpha value is -1.36. The molecule has 3 fully saturated rings. The van der Waals surface area contributed by atoms with E-state index in [2.05, 4.69) is 21.2 Å². The SMILES string of the molecule is O=C(Nc1ccc(Br)cc1)[C@H]1[C@@H]2C[C@@H]3[C@@H]1C(=O)O[C@@H]3C2. The predicted molar refractivity (Wildman–Crippen MR) is 75.8 cm³/mol. The average Bonchev–Trinajstić information content (AvgIpc) is 3.02. The van der Waals surface area contributed by atoms with Gasteiger partial charge in [0.2, 0.25) is 5.91 Å². The quantitative estimate of drug-likeness (QED) is 0.845. The van der Waals surface area contributed by atoms with Gasteiger partial charge in [-0.15, -0.1) is 0 Å². The second kappa shape index (κ2) is 4.32. The first kappa shape index (κ1) is 12.4. The van der Waals surface area contributed by atoms with Crippen LogP contribution >= 0.6 is 15.9 Å². The molecule has 4 nitrogen and oxygen atoms in total. The van der Waals surface area contributed by atoms with E-state index < -0.39 is 0 Å². The van der Waals surface area contributed by atoms with Gasteiger partial charge in [0.25, 0.3) is 0 Å². The molecule has 104 valence electrons. The van der Waals surface area contributed by atoms with Gasteiger partial charge >= 0.3 is 5.97 Å². The van der Waals surface area contributed by atoms with Gasteiger partial charge in [-0.2, -0.15) is 0 Å². The van der Waals surface area contributed by atoms with Crippen LogP contribution in [-0.2, 0) is 14.3 Å². The van der Waals surface area contributed by atoms with E-state index in [4.69, 9.17) is 4.74 Å². The molecule has 0 unspecified atom stereocenters. The summed E-state index contributed by atoms with van der Waals surface area (Å²) in [5.41, 5.74) is 0.767. The second-order valence-electron chi connectivity index (χ2n) is 5.92. The van der Waals surface area contributed by atoms with Crippen molar-refractivity contribution in [2.45, 2.75) is 18.9 Å². The number of benzene rings is 1. The molecular formula is C15H14BrNO3. The van der Waals surface area contributed by atoms with Crippen LogP contribution in [0.5, 0.6) is 0 Å². The van der Waals surface area contributed by atoms with E-state index in [0.29, 0.717) is 5.92 Å². The Morgan fingerprint density at radius 2 is 2.00 bits per heavy atom. The van der Waals surface area contributed by atoms with E-state index in [-0.39, 0.29) is 35.7 Å². The number of hydrogen-bond donors (Lipinski definition) is 1. The van der Waals surface area contributed by atoms with Gasteiger partial charge in [0.15, 0.2) is 0 Å². The zero-order valence-corrected chi connectivity index (χ0v) is 12.3. The monoisotopic (exact) mass is 335 g/mol. The normalized spacial score (nSPS) is 37.0. The molecule has 2 saturated carbocycles. The van der Waals surface area contributed by atoms with Gasteiger partial charge in [-0.3, -0.25) is 9.59 Å². The first-order valence-electron chi connectivity index (χ1n) is 6.90. The second-order valence-corrected chi connectivity index (χ2v) is 6.83. The summed E-state index contributed by atoms with van der Waals surface area (Å²) in [6.07, 6.45) is 1.89. The highest BCUT2D eigenvalue weighted by Crippen LogP contribution is 2.57. The number of rotatable bonds is 2. The van der Waals surface area contributed by atoms with Crippen LogP contribution in [0.3, 0.4) is 0 Å². The van der Waals surface area contributed by atoms with Gasteiger partial charge in [-0.05, 0) is 43.0 Å². The van der Waals surface area contributed by atoms with Crippen LogP contribution in [0, 0.1) is 23.7 Å². The third-order valence-electron chi connectivity index (χ3n) is 4.90. The molecule has 1 heterocycles. The summed E-state index contributed by atoms with van der Waals surface area (Å²) in [6.45, 7) is 0. The molecule has 1 aromatic rings. The first-order chi connectivity index (χ1) is 9.63. The van der Waals surface area contributed by atoms with Crippen LogP contribution in [0.1, 0.15) is 12.8 Å². The lowest BCUT2D eigenvalue weighted by Crippen LogP contribution is -2.35. The van der Waals surface area contributed by atoms with E-state index >= 15 is 0 Å². The van der Waals surface area contributed by atoms with Crippen LogP contribution in [0.25, 0.3) is 0 Å². The molecule has 1 aliphatic heterocycles. The van der Waals surface area contributed by atoms with E-state index in [1.165, 1.54) is 0 Å². The van der Waals surface area contributed by atoms with E-state index in [9.17, 15) is 9.59 Å². The minimum atomic E-state index is -0.214. The number of fused-ring (bicyclic) bond motifs is 1. The summed E-state index contributed by atoms with van der Waals surface area (Å²) in [6, 6.07) is 7.47. The third-order valence-corrected chi connectivity index (χ3v) is 5.43. The van der Waals surface area contributed by atoms with Gasteiger partial charge in [-0.1, -0.05) is 15.9 Å². The lowest BCUT2D eigenvalue weighted by atomic mass is 9.79. The number of hydrogen-bond acceptors (Lipinski definition) is 3. The van der Waals surface area contributed by atoms with Crippen LogP contribution < -0.4 is 5.32 Å².